The third kappa shape index (κ3) is 3.62. The molecule has 1 N–H and O–H groups in total. The number of likely N-dealkylation sites (tertiary alicyclic amines) is 1. The Labute approximate surface area is 161 Å². The summed E-state index contributed by atoms with van der Waals surface area (Å²) in [6.45, 7) is 0.532. The standard InChI is InChI=1S/C19H20ClN3O2S/c20-14-7-5-12(6-8-14)16-11-26-19(21-16)22-18(25)13-9-17(24)23(10-13)15-3-1-2-4-15/h5-8,11,13,15H,1-4,9-10H2,(H,21,22,25)/t13-/m1/s1. The van der Waals surface area contributed by atoms with Gasteiger partial charge < -0.3 is 10.2 Å². The average molecular weight is 390 g/mol. The molecular formula is C19H20ClN3O2S. The predicted octanol–water partition coefficient (Wildman–Crippen LogP) is 4.19. The van der Waals surface area contributed by atoms with Crippen molar-refractivity contribution in [1.29, 1.82) is 0 Å². The summed E-state index contributed by atoms with van der Waals surface area (Å²) in [5, 5.41) is 6.02. The van der Waals surface area contributed by atoms with Gasteiger partial charge in [0.25, 0.3) is 0 Å². The SMILES string of the molecule is O=C(Nc1nc(-c2ccc(Cl)cc2)cs1)[C@@H]1CC(=O)N(C2CCCC2)C1. The van der Waals surface area contributed by atoms with Gasteiger partial charge in [-0.25, -0.2) is 4.98 Å². The number of nitrogens with one attached hydrogen (secondary N) is 1. The van der Waals surface area contributed by atoms with E-state index in [2.05, 4.69) is 10.3 Å². The number of hydrogen-bond acceptors (Lipinski definition) is 4. The first kappa shape index (κ1) is 17.5. The smallest absolute Gasteiger partial charge is 0.231 e. The average Bonchev–Trinajstić information content (AvgIpc) is 3.36. The van der Waals surface area contributed by atoms with Crippen molar-refractivity contribution in [2.45, 2.75) is 38.1 Å². The minimum Gasteiger partial charge on any atom is -0.339 e. The highest BCUT2D eigenvalue weighted by molar-refractivity contribution is 7.14. The molecule has 0 spiro atoms. The van der Waals surface area contributed by atoms with E-state index in [-0.39, 0.29) is 17.7 Å². The van der Waals surface area contributed by atoms with Crippen LogP contribution in [0.15, 0.2) is 29.6 Å². The van der Waals surface area contributed by atoms with Gasteiger partial charge in [-0.05, 0) is 25.0 Å². The molecular weight excluding hydrogens is 370 g/mol. The fourth-order valence-corrected chi connectivity index (χ4v) is 4.62. The van der Waals surface area contributed by atoms with E-state index >= 15 is 0 Å². The van der Waals surface area contributed by atoms with Crippen molar-refractivity contribution >= 4 is 39.9 Å². The van der Waals surface area contributed by atoms with Crippen LogP contribution in [0.3, 0.4) is 0 Å². The largest absolute Gasteiger partial charge is 0.339 e. The number of amides is 2. The number of rotatable bonds is 4. The van der Waals surface area contributed by atoms with Crippen LogP contribution in [-0.4, -0.2) is 34.3 Å². The number of benzene rings is 1. The molecule has 1 aromatic heterocycles. The van der Waals surface area contributed by atoms with Crippen molar-refractivity contribution in [3.63, 3.8) is 0 Å². The molecule has 2 fully saturated rings. The van der Waals surface area contributed by atoms with Crippen LogP contribution in [-0.2, 0) is 9.59 Å². The van der Waals surface area contributed by atoms with Gasteiger partial charge in [-0.3, -0.25) is 9.59 Å². The van der Waals surface area contributed by atoms with E-state index in [9.17, 15) is 9.59 Å². The Kier molecular flexibility index (Phi) is 4.96. The van der Waals surface area contributed by atoms with E-state index in [0.29, 0.717) is 29.2 Å². The van der Waals surface area contributed by atoms with Crippen LogP contribution in [0.25, 0.3) is 11.3 Å². The van der Waals surface area contributed by atoms with Crippen LogP contribution in [0.4, 0.5) is 5.13 Å². The first-order chi connectivity index (χ1) is 12.6. The fourth-order valence-electron chi connectivity index (χ4n) is 3.77. The van der Waals surface area contributed by atoms with E-state index in [0.717, 1.165) is 24.1 Å². The lowest BCUT2D eigenvalue weighted by molar-refractivity contribution is -0.129. The van der Waals surface area contributed by atoms with Crippen LogP contribution < -0.4 is 5.32 Å². The van der Waals surface area contributed by atoms with Gasteiger partial charge in [0.05, 0.1) is 11.6 Å². The van der Waals surface area contributed by atoms with Crippen LogP contribution in [0.5, 0.6) is 0 Å². The molecule has 1 saturated carbocycles. The first-order valence-corrected chi connectivity index (χ1v) is 10.2. The van der Waals surface area contributed by atoms with Crippen molar-refractivity contribution < 1.29 is 9.59 Å². The molecule has 1 saturated heterocycles. The van der Waals surface area contributed by atoms with E-state index in [1.165, 1.54) is 24.2 Å². The summed E-state index contributed by atoms with van der Waals surface area (Å²) in [6, 6.07) is 7.76. The topological polar surface area (TPSA) is 62.3 Å². The van der Waals surface area contributed by atoms with Crippen LogP contribution in [0.1, 0.15) is 32.1 Å². The zero-order chi connectivity index (χ0) is 18.1. The van der Waals surface area contributed by atoms with Gasteiger partial charge in [-0.2, -0.15) is 0 Å². The quantitative estimate of drug-likeness (QED) is 0.852. The number of nitrogens with zero attached hydrogens (tertiary/aromatic N) is 2. The van der Waals surface area contributed by atoms with E-state index in [4.69, 9.17) is 11.6 Å². The van der Waals surface area contributed by atoms with Gasteiger partial charge in [0.15, 0.2) is 5.13 Å². The first-order valence-electron chi connectivity index (χ1n) is 8.92. The highest BCUT2D eigenvalue weighted by Gasteiger charge is 2.38. The zero-order valence-corrected chi connectivity index (χ0v) is 15.9. The van der Waals surface area contributed by atoms with E-state index in [1.807, 2.05) is 34.5 Å². The summed E-state index contributed by atoms with van der Waals surface area (Å²) in [5.74, 6) is -0.292. The number of hydrogen-bond donors (Lipinski definition) is 1. The predicted molar refractivity (Wildman–Crippen MR) is 103 cm³/mol. The molecule has 2 aliphatic rings. The summed E-state index contributed by atoms with van der Waals surface area (Å²) in [7, 11) is 0. The lowest BCUT2D eigenvalue weighted by atomic mass is 10.1. The molecule has 7 heteroatoms. The number of halogens is 1. The zero-order valence-electron chi connectivity index (χ0n) is 14.3. The molecule has 5 nitrogen and oxygen atoms in total. The van der Waals surface area contributed by atoms with Gasteiger partial charge in [-0.15, -0.1) is 11.3 Å². The number of carbonyl (C=O) groups is 2. The second-order valence-corrected chi connectivity index (χ2v) is 8.21. The molecule has 2 heterocycles. The Bertz CT molecular complexity index is 814. The maximum absolute atomic E-state index is 12.6. The second-order valence-electron chi connectivity index (χ2n) is 6.92. The molecule has 26 heavy (non-hydrogen) atoms. The van der Waals surface area contributed by atoms with Gasteiger partial charge in [0.1, 0.15) is 0 Å². The number of thiazole rings is 1. The Morgan fingerprint density at radius 3 is 2.69 bits per heavy atom. The normalized spacial score (nSPS) is 20.7. The minimum atomic E-state index is -0.286. The summed E-state index contributed by atoms with van der Waals surface area (Å²) >= 11 is 7.30. The summed E-state index contributed by atoms with van der Waals surface area (Å²) in [4.78, 5) is 31.2. The molecule has 1 atom stereocenters. The summed E-state index contributed by atoms with van der Waals surface area (Å²) < 4.78 is 0. The Hall–Kier alpha value is -1.92. The Balaban J connectivity index is 1.39. The van der Waals surface area contributed by atoms with Crippen molar-refractivity contribution in [3.8, 4) is 11.3 Å². The van der Waals surface area contributed by atoms with E-state index in [1.54, 1.807) is 0 Å². The molecule has 0 unspecified atom stereocenters. The molecule has 4 rings (SSSR count). The lowest BCUT2D eigenvalue weighted by Crippen LogP contribution is -2.35. The van der Waals surface area contributed by atoms with Gasteiger partial charge >= 0.3 is 0 Å². The third-order valence-corrected chi connectivity index (χ3v) is 6.18. The summed E-state index contributed by atoms with van der Waals surface area (Å²) in [6.07, 6.45) is 4.79. The highest BCUT2D eigenvalue weighted by atomic mass is 35.5. The van der Waals surface area contributed by atoms with Gasteiger partial charge in [-0.1, -0.05) is 36.6 Å². The Morgan fingerprint density at radius 1 is 1.23 bits per heavy atom. The fraction of sp³-hybridized carbons (Fsp3) is 0.421. The monoisotopic (exact) mass is 389 g/mol. The molecule has 136 valence electrons. The second kappa shape index (κ2) is 7.37. The maximum atomic E-state index is 12.6. The van der Waals surface area contributed by atoms with Gasteiger partial charge in [0.2, 0.25) is 11.8 Å². The van der Waals surface area contributed by atoms with Crippen molar-refractivity contribution in [3.05, 3.63) is 34.7 Å². The van der Waals surface area contributed by atoms with Crippen LogP contribution >= 0.6 is 22.9 Å². The molecule has 0 bridgehead atoms. The van der Waals surface area contributed by atoms with Crippen LogP contribution in [0.2, 0.25) is 5.02 Å². The number of anilines is 1. The maximum Gasteiger partial charge on any atom is 0.231 e. The highest BCUT2D eigenvalue weighted by Crippen LogP contribution is 2.31. The number of aromatic nitrogens is 1. The summed E-state index contributed by atoms with van der Waals surface area (Å²) in [5.41, 5.74) is 1.76. The molecule has 0 radical (unpaired) electrons. The van der Waals surface area contributed by atoms with Gasteiger partial charge in [0, 0.05) is 35.0 Å². The number of carbonyl (C=O) groups excluding carboxylic acids is 2. The molecule has 2 amide bonds. The Morgan fingerprint density at radius 2 is 1.96 bits per heavy atom. The van der Waals surface area contributed by atoms with Crippen LogP contribution in [0, 0.1) is 5.92 Å². The lowest BCUT2D eigenvalue weighted by Gasteiger charge is -2.23. The van der Waals surface area contributed by atoms with E-state index < -0.39 is 0 Å². The van der Waals surface area contributed by atoms with Crippen molar-refractivity contribution in [1.82, 2.24) is 9.88 Å². The van der Waals surface area contributed by atoms with Crippen molar-refractivity contribution in [2.75, 3.05) is 11.9 Å². The third-order valence-electron chi connectivity index (χ3n) is 5.17. The molecule has 1 aliphatic carbocycles. The molecule has 1 aliphatic heterocycles. The molecule has 2 aromatic rings. The molecule has 1 aromatic carbocycles. The van der Waals surface area contributed by atoms with Crippen molar-refractivity contribution in [2.24, 2.45) is 5.92 Å². The minimum absolute atomic E-state index is 0.109.